The second kappa shape index (κ2) is 2.76. The number of hydrogen-bond acceptors (Lipinski definition) is 4. The van der Waals surface area contributed by atoms with Crippen LogP contribution in [0, 0.1) is 11.8 Å². The summed E-state index contributed by atoms with van der Waals surface area (Å²) in [5, 5.41) is 0.254. The molecule has 3 atom stereocenters. The number of fused-ring (bicyclic) bond motifs is 1. The van der Waals surface area contributed by atoms with Crippen molar-refractivity contribution in [2.75, 3.05) is 0 Å². The molecule has 3 nitrogen and oxygen atoms in total. The molecule has 0 aromatic carbocycles. The van der Waals surface area contributed by atoms with E-state index in [0.717, 1.165) is 12.8 Å². The molecule has 0 aromatic rings. The number of cyclic esters (lactones) is 2. The first-order valence-electron chi connectivity index (χ1n) is 4.12. The van der Waals surface area contributed by atoms with Gasteiger partial charge in [-0.1, -0.05) is 0 Å². The lowest BCUT2D eigenvalue weighted by molar-refractivity contribution is -0.153. The molecule has 1 heterocycles. The molecule has 4 heteroatoms. The molecule has 0 amide bonds. The average molecular weight is 186 g/mol. The van der Waals surface area contributed by atoms with E-state index < -0.39 is 0 Å². The minimum absolute atomic E-state index is 0.166. The molecule has 0 radical (unpaired) electrons. The van der Waals surface area contributed by atoms with E-state index in [0.29, 0.717) is 6.42 Å². The molecule has 2 rings (SSSR count). The second-order valence-corrected chi connectivity index (χ2v) is 4.15. The van der Waals surface area contributed by atoms with Crippen molar-refractivity contribution in [3.05, 3.63) is 0 Å². The summed E-state index contributed by atoms with van der Waals surface area (Å²) in [6.45, 7) is 0. The van der Waals surface area contributed by atoms with Gasteiger partial charge in [0.2, 0.25) is 0 Å². The average Bonchev–Trinajstić information content (AvgIpc) is 2.28. The zero-order valence-electron chi connectivity index (χ0n) is 6.53. The summed E-state index contributed by atoms with van der Waals surface area (Å²) in [5.74, 6) is -1.04. The Kier molecular flexibility index (Phi) is 1.87. The van der Waals surface area contributed by atoms with E-state index in [9.17, 15) is 9.59 Å². The third-order valence-electron chi connectivity index (χ3n) is 2.63. The highest BCUT2D eigenvalue weighted by atomic mass is 32.1. The van der Waals surface area contributed by atoms with Crippen LogP contribution in [0.1, 0.15) is 19.3 Å². The zero-order chi connectivity index (χ0) is 8.72. The van der Waals surface area contributed by atoms with Crippen molar-refractivity contribution < 1.29 is 14.3 Å². The van der Waals surface area contributed by atoms with Crippen LogP contribution >= 0.6 is 12.6 Å². The summed E-state index contributed by atoms with van der Waals surface area (Å²) in [7, 11) is 0. The van der Waals surface area contributed by atoms with Crippen LogP contribution in [0.4, 0.5) is 0 Å². The molecule has 1 saturated carbocycles. The summed E-state index contributed by atoms with van der Waals surface area (Å²) in [6.07, 6.45) is 2.36. The Labute approximate surface area is 75.9 Å². The summed E-state index contributed by atoms with van der Waals surface area (Å²) < 4.78 is 4.54. The van der Waals surface area contributed by atoms with E-state index in [4.69, 9.17) is 0 Å². The minimum Gasteiger partial charge on any atom is -0.393 e. The predicted octanol–water partition coefficient (Wildman–Crippen LogP) is 0.784. The fraction of sp³-hybridized carbons (Fsp3) is 0.750. The molecule has 1 aliphatic heterocycles. The zero-order valence-corrected chi connectivity index (χ0v) is 7.42. The maximum Gasteiger partial charge on any atom is 0.317 e. The van der Waals surface area contributed by atoms with Gasteiger partial charge in [-0.15, -0.1) is 0 Å². The molecule has 2 aliphatic rings. The van der Waals surface area contributed by atoms with Gasteiger partial charge in [0, 0.05) is 5.25 Å². The van der Waals surface area contributed by atoms with Gasteiger partial charge >= 0.3 is 11.9 Å². The molecular weight excluding hydrogens is 176 g/mol. The Balaban J connectivity index is 2.17. The van der Waals surface area contributed by atoms with Crippen molar-refractivity contribution in [2.24, 2.45) is 11.8 Å². The van der Waals surface area contributed by atoms with E-state index in [2.05, 4.69) is 17.4 Å². The monoisotopic (exact) mass is 186 g/mol. The van der Waals surface area contributed by atoms with Crippen molar-refractivity contribution in [3.63, 3.8) is 0 Å². The molecule has 2 fully saturated rings. The predicted molar refractivity (Wildman–Crippen MR) is 44.7 cm³/mol. The van der Waals surface area contributed by atoms with Gasteiger partial charge in [-0.25, -0.2) is 0 Å². The third kappa shape index (κ3) is 1.14. The lowest BCUT2D eigenvalue weighted by atomic mass is 9.81. The van der Waals surface area contributed by atoms with E-state index in [-0.39, 0.29) is 29.0 Å². The van der Waals surface area contributed by atoms with Crippen molar-refractivity contribution in [1.29, 1.82) is 0 Å². The second-order valence-electron chi connectivity index (χ2n) is 3.42. The Morgan fingerprint density at radius 2 is 1.83 bits per heavy atom. The van der Waals surface area contributed by atoms with Gasteiger partial charge in [0.05, 0.1) is 11.8 Å². The number of rotatable bonds is 0. The van der Waals surface area contributed by atoms with Gasteiger partial charge < -0.3 is 4.74 Å². The van der Waals surface area contributed by atoms with Crippen LogP contribution in [0.25, 0.3) is 0 Å². The third-order valence-corrected chi connectivity index (χ3v) is 3.10. The van der Waals surface area contributed by atoms with Gasteiger partial charge in [-0.2, -0.15) is 12.6 Å². The number of carbonyl (C=O) groups excluding carboxylic acids is 2. The van der Waals surface area contributed by atoms with E-state index >= 15 is 0 Å². The number of thiol groups is 1. The summed E-state index contributed by atoms with van der Waals surface area (Å²) in [6, 6.07) is 0. The number of esters is 2. The van der Waals surface area contributed by atoms with Gasteiger partial charge in [-0.3, -0.25) is 9.59 Å². The quantitative estimate of drug-likeness (QED) is 0.345. The topological polar surface area (TPSA) is 43.4 Å². The summed E-state index contributed by atoms with van der Waals surface area (Å²) >= 11 is 4.29. The highest BCUT2D eigenvalue weighted by molar-refractivity contribution is 7.80. The molecule has 0 spiro atoms. The van der Waals surface area contributed by atoms with Crippen LogP contribution in [0.5, 0.6) is 0 Å². The van der Waals surface area contributed by atoms with E-state index in [1.807, 2.05) is 0 Å². The van der Waals surface area contributed by atoms with Crippen LogP contribution in [0.3, 0.4) is 0 Å². The number of ether oxygens (including phenoxy) is 1. The maximum absolute atomic E-state index is 11.1. The molecule has 1 aliphatic carbocycles. The van der Waals surface area contributed by atoms with E-state index in [1.54, 1.807) is 0 Å². The first-order chi connectivity index (χ1) is 5.68. The van der Waals surface area contributed by atoms with Crippen molar-refractivity contribution in [1.82, 2.24) is 0 Å². The maximum atomic E-state index is 11.1. The molecule has 3 unspecified atom stereocenters. The molecule has 0 bridgehead atoms. The fourth-order valence-electron chi connectivity index (χ4n) is 1.94. The van der Waals surface area contributed by atoms with Crippen LogP contribution in [0.2, 0.25) is 0 Å². The normalized spacial score (nSPS) is 40.9. The van der Waals surface area contributed by atoms with Crippen LogP contribution in [0.15, 0.2) is 0 Å². The Morgan fingerprint density at radius 1 is 1.17 bits per heavy atom. The SMILES string of the molecule is O=C1OC(=O)C2CC(S)CCC12. The Hall–Kier alpha value is -0.510. The largest absolute Gasteiger partial charge is 0.393 e. The van der Waals surface area contributed by atoms with Crippen molar-refractivity contribution in [3.8, 4) is 0 Å². The Bertz CT molecular complexity index is 238. The lowest BCUT2D eigenvalue weighted by Gasteiger charge is -2.23. The summed E-state index contributed by atoms with van der Waals surface area (Å²) in [5.41, 5.74) is 0. The highest BCUT2D eigenvalue weighted by Crippen LogP contribution is 2.38. The Morgan fingerprint density at radius 3 is 2.58 bits per heavy atom. The molecule has 0 aromatic heterocycles. The fourth-order valence-corrected chi connectivity index (χ4v) is 2.32. The van der Waals surface area contributed by atoms with Crippen LogP contribution < -0.4 is 0 Å². The molecule has 1 saturated heterocycles. The lowest BCUT2D eigenvalue weighted by Crippen LogP contribution is -2.27. The van der Waals surface area contributed by atoms with E-state index in [1.165, 1.54) is 0 Å². The molecule has 0 N–H and O–H groups in total. The van der Waals surface area contributed by atoms with Gasteiger partial charge in [0.15, 0.2) is 0 Å². The molecular formula is C8H10O3S. The van der Waals surface area contributed by atoms with Gasteiger partial charge in [-0.05, 0) is 19.3 Å². The first-order valence-corrected chi connectivity index (χ1v) is 4.63. The van der Waals surface area contributed by atoms with Crippen LogP contribution in [-0.4, -0.2) is 17.2 Å². The number of carbonyl (C=O) groups is 2. The first kappa shape index (κ1) is 8.10. The highest BCUT2D eigenvalue weighted by Gasteiger charge is 2.46. The van der Waals surface area contributed by atoms with Gasteiger partial charge in [0.1, 0.15) is 0 Å². The minimum atomic E-state index is -0.344. The molecule has 66 valence electrons. The smallest absolute Gasteiger partial charge is 0.317 e. The van der Waals surface area contributed by atoms with Crippen LogP contribution in [-0.2, 0) is 14.3 Å². The standard InChI is InChI=1S/C8H10O3S/c9-7-5-2-1-4(12)3-6(5)8(10)11-7/h4-6,12H,1-3H2. The van der Waals surface area contributed by atoms with Crippen molar-refractivity contribution >= 4 is 24.6 Å². The number of hydrogen-bond donors (Lipinski definition) is 1. The van der Waals surface area contributed by atoms with Crippen molar-refractivity contribution in [2.45, 2.75) is 24.5 Å². The summed E-state index contributed by atoms with van der Waals surface area (Å²) in [4.78, 5) is 22.1. The van der Waals surface area contributed by atoms with Gasteiger partial charge in [0.25, 0.3) is 0 Å². The molecule has 12 heavy (non-hydrogen) atoms.